The van der Waals surface area contributed by atoms with Crippen LogP contribution < -0.4 is 0 Å². The first-order valence-electron chi connectivity index (χ1n) is 7.73. The number of aliphatic hydroxyl groups is 1. The molecule has 1 N–H and O–H groups in total. The second kappa shape index (κ2) is 6.36. The molecule has 1 fully saturated rings. The summed E-state index contributed by atoms with van der Waals surface area (Å²) in [6.45, 7) is 3.16. The van der Waals surface area contributed by atoms with Crippen LogP contribution in [-0.2, 0) is 0 Å². The Hall–Kier alpha value is -2.07. The lowest BCUT2D eigenvalue weighted by Gasteiger charge is -2.34. The second-order valence-electron chi connectivity index (χ2n) is 5.88. The van der Waals surface area contributed by atoms with Crippen LogP contribution in [0.2, 0.25) is 0 Å². The molecule has 2 heterocycles. The van der Waals surface area contributed by atoms with E-state index in [1.54, 1.807) is 19.3 Å². The maximum absolute atomic E-state index is 12.4. The minimum atomic E-state index is -0.450. The molecule has 2 aromatic rings. The SMILES string of the molecule is Cc1occc1C(=O)N1CCC(C(O)c2ccccc2)CC1. The minimum absolute atomic E-state index is 0.0268. The van der Waals surface area contributed by atoms with Crippen molar-refractivity contribution in [3.63, 3.8) is 0 Å². The van der Waals surface area contributed by atoms with Gasteiger partial charge in [0.05, 0.1) is 17.9 Å². The van der Waals surface area contributed by atoms with Gasteiger partial charge >= 0.3 is 0 Å². The predicted molar refractivity (Wildman–Crippen MR) is 83.5 cm³/mol. The molecular weight excluding hydrogens is 278 g/mol. The van der Waals surface area contributed by atoms with Crippen LogP contribution in [0.1, 0.15) is 40.6 Å². The molecule has 116 valence electrons. The second-order valence-corrected chi connectivity index (χ2v) is 5.88. The monoisotopic (exact) mass is 299 g/mol. The molecule has 1 aliphatic heterocycles. The average Bonchev–Trinajstić information content (AvgIpc) is 3.00. The van der Waals surface area contributed by atoms with E-state index in [0.29, 0.717) is 24.4 Å². The summed E-state index contributed by atoms with van der Waals surface area (Å²) in [5, 5.41) is 10.5. The highest BCUT2D eigenvalue weighted by molar-refractivity contribution is 5.95. The number of rotatable bonds is 3. The maximum atomic E-state index is 12.4. The smallest absolute Gasteiger partial charge is 0.257 e. The standard InChI is InChI=1S/C18H21NO3/c1-13-16(9-12-22-13)18(21)19-10-7-15(8-11-19)17(20)14-5-3-2-4-6-14/h2-6,9,12,15,17,20H,7-8,10-11H2,1H3. The van der Waals surface area contributed by atoms with Gasteiger partial charge in [0.1, 0.15) is 5.76 Å². The topological polar surface area (TPSA) is 53.7 Å². The molecule has 4 nitrogen and oxygen atoms in total. The molecule has 4 heteroatoms. The summed E-state index contributed by atoms with van der Waals surface area (Å²) in [5.74, 6) is 0.896. The highest BCUT2D eigenvalue weighted by Gasteiger charge is 2.29. The van der Waals surface area contributed by atoms with Gasteiger partial charge < -0.3 is 14.4 Å². The largest absolute Gasteiger partial charge is 0.469 e. The third kappa shape index (κ3) is 2.92. The molecule has 1 atom stereocenters. The van der Waals surface area contributed by atoms with Crippen LogP contribution in [0.3, 0.4) is 0 Å². The summed E-state index contributed by atoms with van der Waals surface area (Å²) in [6.07, 6.45) is 2.74. The molecule has 0 saturated carbocycles. The van der Waals surface area contributed by atoms with Crippen molar-refractivity contribution in [2.75, 3.05) is 13.1 Å². The Morgan fingerprint density at radius 2 is 1.91 bits per heavy atom. The van der Waals surface area contributed by atoms with Crippen LogP contribution in [0.15, 0.2) is 47.1 Å². The van der Waals surface area contributed by atoms with Crippen LogP contribution in [-0.4, -0.2) is 29.0 Å². The number of benzene rings is 1. The molecule has 1 aliphatic rings. The van der Waals surface area contributed by atoms with E-state index in [-0.39, 0.29) is 11.8 Å². The van der Waals surface area contributed by atoms with Crippen LogP contribution in [0.5, 0.6) is 0 Å². The molecular formula is C18H21NO3. The summed E-state index contributed by atoms with van der Waals surface area (Å²) in [6, 6.07) is 11.5. The Morgan fingerprint density at radius 3 is 2.50 bits per heavy atom. The fourth-order valence-electron chi connectivity index (χ4n) is 3.12. The predicted octanol–water partition coefficient (Wildman–Crippen LogP) is 3.17. The van der Waals surface area contributed by atoms with Crippen molar-refractivity contribution in [1.29, 1.82) is 0 Å². The number of nitrogens with zero attached hydrogens (tertiary/aromatic N) is 1. The zero-order valence-corrected chi connectivity index (χ0v) is 12.7. The van der Waals surface area contributed by atoms with Crippen LogP contribution >= 0.6 is 0 Å². The van der Waals surface area contributed by atoms with E-state index in [4.69, 9.17) is 4.42 Å². The van der Waals surface area contributed by atoms with Crippen LogP contribution in [0.25, 0.3) is 0 Å². The van der Waals surface area contributed by atoms with Gasteiger partial charge in [-0.15, -0.1) is 0 Å². The lowest BCUT2D eigenvalue weighted by molar-refractivity contribution is 0.0461. The number of carbonyl (C=O) groups is 1. The Morgan fingerprint density at radius 1 is 1.23 bits per heavy atom. The molecule has 0 bridgehead atoms. The first-order chi connectivity index (χ1) is 10.7. The first-order valence-corrected chi connectivity index (χ1v) is 7.73. The van der Waals surface area contributed by atoms with Crippen molar-refractivity contribution < 1.29 is 14.3 Å². The van der Waals surface area contributed by atoms with Gasteiger partial charge in [-0.2, -0.15) is 0 Å². The quantitative estimate of drug-likeness (QED) is 0.947. The molecule has 0 radical (unpaired) electrons. The molecule has 0 spiro atoms. The zero-order chi connectivity index (χ0) is 15.5. The number of aryl methyl sites for hydroxylation is 1. The zero-order valence-electron chi connectivity index (χ0n) is 12.7. The van der Waals surface area contributed by atoms with E-state index in [2.05, 4.69) is 0 Å². The number of furan rings is 1. The van der Waals surface area contributed by atoms with Crippen LogP contribution in [0.4, 0.5) is 0 Å². The number of amides is 1. The molecule has 1 saturated heterocycles. The molecule has 1 aromatic heterocycles. The van der Waals surface area contributed by atoms with Gasteiger partial charge in [0, 0.05) is 13.1 Å². The summed E-state index contributed by atoms with van der Waals surface area (Å²) in [7, 11) is 0. The van der Waals surface area contributed by atoms with Gasteiger partial charge in [-0.1, -0.05) is 30.3 Å². The molecule has 22 heavy (non-hydrogen) atoms. The normalized spacial score (nSPS) is 17.5. The number of piperidine rings is 1. The maximum Gasteiger partial charge on any atom is 0.257 e. The first kappa shape index (κ1) is 14.9. The van der Waals surface area contributed by atoms with Gasteiger partial charge in [0.15, 0.2) is 0 Å². The minimum Gasteiger partial charge on any atom is -0.469 e. The number of likely N-dealkylation sites (tertiary alicyclic amines) is 1. The van der Waals surface area contributed by atoms with E-state index in [1.807, 2.05) is 35.2 Å². The lowest BCUT2D eigenvalue weighted by atomic mass is 9.87. The van der Waals surface area contributed by atoms with Crippen molar-refractivity contribution in [3.8, 4) is 0 Å². The van der Waals surface area contributed by atoms with E-state index in [0.717, 1.165) is 18.4 Å². The molecule has 1 amide bonds. The Balaban J connectivity index is 1.61. The Bertz CT molecular complexity index is 627. The molecule has 1 unspecified atom stereocenters. The molecule has 1 aromatic carbocycles. The third-order valence-corrected chi connectivity index (χ3v) is 4.50. The average molecular weight is 299 g/mol. The van der Waals surface area contributed by atoms with E-state index < -0.39 is 6.10 Å². The Kier molecular flexibility index (Phi) is 4.29. The third-order valence-electron chi connectivity index (χ3n) is 4.50. The summed E-state index contributed by atoms with van der Waals surface area (Å²) in [5.41, 5.74) is 1.60. The van der Waals surface area contributed by atoms with E-state index in [9.17, 15) is 9.90 Å². The van der Waals surface area contributed by atoms with Crippen molar-refractivity contribution in [1.82, 2.24) is 4.90 Å². The summed E-state index contributed by atoms with van der Waals surface area (Å²) >= 11 is 0. The molecule has 3 rings (SSSR count). The van der Waals surface area contributed by atoms with E-state index >= 15 is 0 Å². The number of hydrogen-bond acceptors (Lipinski definition) is 3. The number of carbonyl (C=O) groups excluding carboxylic acids is 1. The van der Waals surface area contributed by atoms with Gasteiger partial charge in [-0.05, 0) is 37.3 Å². The highest BCUT2D eigenvalue weighted by atomic mass is 16.3. The van der Waals surface area contributed by atoms with Crippen molar-refractivity contribution in [2.45, 2.75) is 25.9 Å². The number of hydrogen-bond donors (Lipinski definition) is 1. The van der Waals surface area contributed by atoms with Gasteiger partial charge in [-0.25, -0.2) is 0 Å². The fourth-order valence-corrected chi connectivity index (χ4v) is 3.12. The fraction of sp³-hybridized carbons (Fsp3) is 0.389. The summed E-state index contributed by atoms with van der Waals surface area (Å²) < 4.78 is 5.21. The van der Waals surface area contributed by atoms with Crippen molar-refractivity contribution >= 4 is 5.91 Å². The number of aliphatic hydroxyl groups excluding tert-OH is 1. The van der Waals surface area contributed by atoms with E-state index in [1.165, 1.54) is 0 Å². The van der Waals surface area contributed by atoms with Crippen molar-refractivity contribution in [3.05, 3.63) is 59.5 Å². The highest BCUT2D eigenvalue weighted by Crippen LogP contribution is 2.31. The van der Waals surface area contributed by atoms with Gasteiger partial charge in [-0.3, -0.25) is 4.79 Å². The molecule has 0 aliphatic carbocycles. The summed E-state index contributed by atoms with van der Waals surface area (Å²) in [4.78, 5) is 14.3. The van der Waals surface area contributed by atoms with Crippen LogP contribution in [0, 0.1) is 12.8 Å². The lowest BCUT2D eigenvalue weighted by Crippen LogP contribution is -2.39. The van der Waals surface area contributed by atoms with Crippen molar-refractivity contribution in [2.24, 2.45) is 5.92 Å². The van der Waals surface area contributed by atoms with Gasteiger partial charge in [0.25, 0.3) is 5.91 Å². The van der Waals surface area contributed by atoms with Gasteiger partial charge in [0.2, 0.25) is 0 Å². The Labute approximate surface area is 130 Å².